The zero-order chi connectivity index (χ0) is 12.5. The Morgan fingerprint density at radius 2 is 1.83 bits per heavy atom. The quantitative estimate of drug-likeness (QED) is 0.720. The summed E-state index contributed by atoms with van der Waals surface area (Å²) in [5.41, 5.74) is 0.678. The van der Waals surface area contributed by atoms with Gasteiger partial charge in [-0.25, -0.2) is 4.39 Å². The molecule has 0 saturated heterocycles. The van der Waals surface area contributed by atoms with Crippen molar-refractivity contribution >= 4 is 15.9 Å². The Hall–Kier alpha value is -1.95. The van der Waals surface area contributed by atoms with E-state index < -0.39 is 0 Å². The van der Waals surface area contributed by atoms with Gasteiger partial charge in [-0.1, -0.05) is 5.16 Å². The number of hydrogen-bond donors (Lipinski definition) is 0. The number of furan rings is 1. The van der Waals surface area contributed by atoms with Crippen LogP contribution in [0, 0.1) is 5.82 Å². The van der Waals surface area contributed by atoms with Crippen molar-refractivity contribution in [1.82, 2.24) is 10.1 Å². The molecule has 3 aromatic rings. The average Bonchev–Trinajstić information content (AvgIpc) is 2.98. The van der Waals surface area contributed by atoms with Crippen molar-refractivity contribution in [2.24, 2.45) is 0 Å². The summed E-state index contributed by atoms with van der Waals surface area (Å²) in [4.78, 5) is 4.18. The van der Waals surface area contributed by atoms with E-state index in [1.165, 1.54) is 12.1 Å². The minimum absolute atomic E-state index is 0.278. The van der Waals surface area contributed by atoms with Crippen molar-refractivity contribution in [2.45, 2.75) is 0 Å². The Bertz CT molecular complexity index is 675. The topological polar surface area (TPSA) is 52.1 Å². The van der Waals surface area contributed by atoms with Gasteiger partial charge in [-0.2, -0.15) is 4.98 Å². The molecule has 0 N–H and O–H groups in total. The highest BCUT2D eigenvalue weighted by atomic mass is 79.9. The molecule has 0 atom stereocenters. The first kappa shape index (κ1) is 11.2. The Kier molecular flexibility index (Phi) is 2.71. The van der Waals surface area contributed by atoms with Crippen LogP contribution in [-0.2, 0) is 0 Å². The molecule has 0 fully saturated rings. The Balaban J connectivity index is 1.96. The van der Waals surface area contributed by atoms with Gasteiger partial charge in [-0.3, -0.25) is 0 Å². The van der Waals surface area contributed by atoms with E-state index in [0.717, 1.165) is 0 Å². The highest BCUT2D eigenvalue weighted by Crippen LogP contribution is 2.25. The lowest BCUT2D eigenvalue weighted by atomic mass is 10.2. The second-order valence-electron chi connectivity index (χ2n) is 3.53. The third-order valence-corrected chi connectivity index (χ3v) is 2.74. The van der Waals surface area contributed by atoms with Crippen LogP contribution in [0.25, 0.3) is 23.0 Å². The molecule has 0 radical (unpaired) electrons. The smallest absolute Gasteiger partial charge is 0.293 e. The molecule has 90 valence electrons. The highest BCUT2D eigenvalue weighted by molar-refractivity contribution is 9.10. The average molecular weight is 309 g/mol. The molecule has 0 aliphatic carbocycles. The number of nitrogens with zero attached hydrogens (tertiary/aromatic N) is 2. The summed E-state index contributed by atoms with van der Waals surface area (Å²) in [5, 5.41) is 3.82. The summed E-state index contributed by atoms with van der Waals surface area (Å²) in [7, 11) is 0. The fourth-order valence-corrected chi connectivity index (χ4v) is 1.78. The summed E-state index contributed by atoms with van der Waals surface area (Å²) >= 11 is 3.19. The maximum Gasteiger partial charge on any atom is 0.293 e. The van der Waals surface area contributed by atoms with Gasteiger partial charge in [-0.15, -0.1) is 0 Å². The van der Waals surface area contributed by atoms with E-state index in [-0.39, 0.29) is 11.7 Å². The van der Waals surface area contributed by atoms with Crippen molar-refractivity contribution in [3.63, 3.8) is 0 Å². The lowest BCUT2D eigenvalue weighted by Crippen LogP contribution is -1.81. The van der Waals surface area contributed by atoms with Crippen LogP contribution in [0.5, 0.6) is 0 Å². The van der Waals surface area contributed by atoms with Gasteiger partial charge in [-0.05, 0) is 52.3 Å². The van der Waals surface area contributed by atoms with Gasteiger partial charge in [0, 0.05) is 5.56 Å². The molecule has 0 spiro atoms. The molecule has 4 nitrogen and oxygen atoms in total. The van der Waals surface area contributed by atoms with E-state index in [0.29, 0.717) is 21.8 Å². The lowest BCUT2D eigenvalue weighted by molar-refractivity contribution is 0.414. The van der Waals surface area contributed by atoms with Crippen molar-refractivity contribution in [2.75, 3.05) is 0 Å². The van der Waals surface area contributed by atoms with Crippen LogP contribution in [-0.4, -0.2) is 10.1 Å². The summed E-state index contributed by atoms with van der Waals surface area (Å²) in [6.45, 7) is 0. The summed E-state index contributed by atoms with van der Waals surface area (Å²) < 4.78 is 23.8. The largest absolute Gasteiger partial charge is 0.444 e. The molecule has 2 heterocycles. The summed E-state index contributed by atoms with van der Waals surface area (Å²) in [6, 6.07) is 9.30. The molecule has 0 saturated carbocycles. The maximum atomic E-state index is 12.8. The molecule has 18 heavy (non-hydrogen) atoms. The zero-order valence-corrected chi connectivity index (χ0v) is 10.5. The predicted molar refractivity (Wildman–Crippen MR) is 65.1 cm³/mol. The number of hydrogen-bond acceptors (Lipinski definition) is 4. The number of halogens is 2. The van der Waals surface area contributed by atoms with Crippen LogP contribution < -0.4 is 0 Å². The van der Waals surface area contributed by atoms with E-state index in [4.69, 9.17) is 8.94 Å². The predicted octanol–water partition coefficient (Wildman–Crippen LogP) is 3.90. The molecule has 1 aromatic carbocycles. The van der Waals surface area contributed by atoms with Crippen LogP contribution >= 0.6 is 15.9 Å². The Labute approximate surface area is 110 Å². The van der Waals surface area contributed by atoms with E-state index in [1.54, 1.807) is 24.3 Å². The fourth-order valence-electron chi connectivity index (χ4n) is 1.47. The van der Waals surface area contributed by atoms with Crippen molar-refractivity contribution in [3.8, 4) is 23.0 Å². The standard InChI is InChI=1S/C12H6BrFN2O2/c13-10-6-5-9(17-10)12-15-11(16-18-12)7-1-3-8(14)4-2-7/h1-6H. The van der Waals surface area contributed by atoms with E-state index >= 15 is 0 Å². The number of rotatable bonds is 2. The van der Waals surface area contributed by atoms with Crippen molar-refractivity contribution in [1.29, 1.82) is 0 Å². The Morgan fingerprint density at radius 1 is 1.06 bits per heavy atom. The van der Waals surface area contributed by atoms with Gasteiger partial charge in [0.2, 0.25) is 5.82 Å². The van der Waals surface area contributed by atoms with E-state index in [2.05, 4.69) is 26.1 Å². The first-order valence-corrected chi connectivity index (χ1v) is 5.87. The van der Waals surface area contributed by atoms with Crippen LogP contribution in [0.1, 0.15) is 0 Å². The lowest BCUT2D eigenvalue weighted by Gasteiger charge is -1.92. The van der Waals surface area contributed by atoms with Gasteiger partial charge in [0.1, 0.15) is 5.82 Å². The molecule has 0 aliphatic heterocycles. The fraction of sp³-hybridized carbons (Fsp3) is 0. The van der Waals surface area contributed by atoms with Crippen molar-refractivity contribution < 1.29 is 13.3 Å². The minimum Gasteiger partial charge on any atom is -0.444 e. The molecule has 6 heteroatoms. The molecule has 3 rings (SSSR count). The third kappa shape index (κ3) is 2.06. The van der Waals surface area contributed by atoms with Gasteiger partial charge in [0.15, 0.2) is 10.4 Å². The van der Waals surface area contributed by atoms with Crippen LogP contribution in [0.15, 0.2) is 50.0 Å². The van der Waals surface area contributed by atoms with Gasteiger partial charge < -0.3 is 8.94 Å². The normalized spacial score (nSPS) is 10.8. The van der Waals surface area contributed by atoms with Crippen LogP contribution in [0.3, 0.4) is 0 Å². The first-order valence-electron chi connectivity index (χ1n) is 5.08. The molecule has 0 bridgehead atoms. The van der Waals surface area contributed by atoms with Gasteiger partial charge in [0.25, 0.3) is 5.89 Å². The molecular formula is C12H6BrFN2O2. The third-order valence-electron chi connectivity index (χ3n) is 2.31. The molecular weight excluding hydrogens is 303 g/mol. The van der Waals surface area contributed by atoms with E-state index in [9.17, 15) is 4.39 Å². The van der Waals surface area contributed by atoms with E-state index in [1.807, 2.05) is 0 Å². The summed E-state index contributed by atoms with van der Waals surface area (Å²) in [5.74, 6) is 0.831. The van der Waals surface area contributed by atoms with Crippen LogP contribution in [0.4, 0.5) is 4.39 Å². The molecule has 0 unspecified atom stereocenters. The van der Waals surface area contributed by atoms with Crippen LogP contribution in [0.2, 0.25) is 0 Å². The zero-order valence-electron chi connectivity index (χ0n) is 8.93. The summed E-state index contributed by atoms with van der Waals surface area (Å²) in [6.07, 6.45) is 0. The Morgan fingerprint density at radius 3 is 2.50 bits per heavy atom. The minimum atomic E-state index is -0.308. The number of benzene rings is 1. The first-order chi connectivity index (χ1) is 8.72. The monoisotopic (exact) mass is 308 g/mol. The second-order valence-corrected chi connectivity index (χ2v) is 4.32. The van der Waals surface area contributed by atoms with Crippen molar-refractivity contribution in [3.05, 3.63) is 46.9 Å². The SMILES string of the molecule is Fc1ccc(-c2noc(-c3ccc(Br)o3)n2)cc1. The maximum absolute atomic E-state index is 12.8. The number of aromatic nitrogens is 2. The molecule has 0 amide bonds. The second kappa shape index (κ2) is 4.38. The molecule has 0 aliphatic rings. The van der Waals surface area contributed by atoms with Gasteiger partial charge in [0.05, 0.1) is 0 Å². The molecule has 2 aromatic heterocycles. The highest BCUT2D eigenvalue weighted by Gasteiger charge is 2.13. The van der Waals surface area contributed by atoms with Gasteiger partial charge >= 0.3 is 0 Å².